The van der Waals surface area contributed by atoms with Crippen molar-refractivity contribution in [3.63, 3.8) is 0 Å². The van der Waals surface area contributed by atoms with E-state index in [4.69, 9.17) is 4.74 Å². The molecule has 24 heavy (non-hydrogen) atoms. The van der Waals surface area contributed by atoms with Crippen molar-refractivity contribution in [2.45, 2.75) is 19.2 Å². The number of ether oxygens (including phenoxy) is 1. The van der Waals surface area contributed by atoms with Crippen LogP contribution in [-0.4, -0.2) is 34.9 Å². The maximum Gasteiger partial charge on any atom is 0.254 e. The fourth-order valence-corrected chi connectivity index (χ4v) is 3.14. The molecule has 0 aliphatic rings. The first kappa shape index (κ1) is 18.2. The second-order valence-electron chi connectivity index (χ2n) is 5.59. The van der Waals surface area contributed by atoms with Crippen molar-refractivity contribution >= 4 is 16.7 Å². The van der Waals surface area contributed by atoms with Crippen LogP contribution in [0.25, 0.3) is 0 Å². The van der Waals surface area contributed by atoms with Crippen molar-refractivity contribution in [3.8, 4) is 5.75 Å². The molecule has 0 N–H and O–H groups in total. The molecule has 0 aromatic heterocycles. The van der Waals surface area contributed by atoms with E-state index in [1.807, 2.05) is 49.4 Å². The Morgan fingerprint density at radius 1 is 1.12 bits per heavy atom. The summed E-state index contributed by atoms with van der Waals surface area (Å²) in [7, 11) is 0.710. The highest BCUT2D eigenvalue weighted by Crippen LogP contribution is 2.15. The van der Waals surface area contributed by atoms with Crippen LogP contribution in [0.3, 0.4) is 0 Å². The van der Waals surface area contributed by atoms with Gasteiger partial charge in [0.25, 0.3) is 5.91 Å². The average Bonchev–Trinajstić information content (AvgIpc) is 2.59. The Kier molecular flexibility index (Phi) is 6.55. The molecule has 0 radical (unpaired) electrons. The fourth-order valence-electron chi connectivity index (χ4n) is 2.49. The molecule has 0 saturated heterocycles. The number of hydrogen-bond donors (Lipinski definition) is 0. The average molecular weight is 345 g/mol. The maximum atomic E-state index is 12.8. The lowest BCUT2D eigenvalue weighted by Gasteiger charge is -2.21. The molecule has 5 heteroatoms. The molecule has 0 bridgehead atoms. The van der Waals surface area contributed by atoms with Crippen molar-refractivity contribution in [1.29, 1.82) is 0 Å². The molecule has 1 unspecified atom stereocenters. The zero-order valence-corrected chi connectivity index (χ0v) is 15.1. The molecule has 0 saturated carbocycles. The van der Waals surface area contributed by atoms with Crippen LogP contribution in [0.1, 0.15) is 28.4 Å². The van der Waals surface area contributed by atoms with Crippen LogP contribution in [0, 0.1) is 0 Å². The number of carbonyl (C=O) groups excluding carboxylic acids is 1. The Hall–Kier alpha value is -2.14. The highest BCUT2D eigenvalue weighted by molar-refractivity contribution is 7.83. The third-order valence-electron chi connectivity index (χ3n) is 3.75. The Labute approximate surface area is 145 Å². The highest BCUT2D eigenvalue weighted by atomic mass is 32.2. The first-order valence-electron chi connectivity index (χ1n) is 7.84. The Morgan fingerprint density at radius 3 is 2.42 bits per heavy atom. The minimum Gasteiger partial charge on any atom is -0.497 e. The minimum absolute atomic E-state index is 0.0166. The van der Waals surface area contributed by atoms with Gasteiger partial charge in [0.1, 0.15) is 5.75 Å². The zero-order chi connectivity index (χ0) is 17.5. The van der Waals surface area contributed by atoms with Crippen LogP contribution in [0.4, 0.5) is 0 Å². The summed E-state index contributed by atoms with van der Waals surface area (Å²) in [6.07, 6.45) is 1.66. The molecule has 2 rings (SSSR count). The summed E-state index contributed by atoms with van der Waals surface area (Å²) in [5.41, 5.74) is 2.60. The predicted octanol–water partition coefficient (Wildman–Crippen LogP) is 3.24. The number of nitrogens with zero attached hydrogens (tertiary/aromatic N) is 1. The van der Waals surface area contributed by atoms with E-state index in [1.165, 1.54) is 0 Å². The third kappa shape index (κ3) is 4.93. The first-order valence-corrected chi connectivity index (χ1v) is 9.57. The van der Waals surface area contributed by atoms with Crippen LogP contribution in [0.5, 0.6) is 5.75 Å². The van der Waals surface area contributed by atoms with Gasteiger partial charge in [0.15, 0.2) is 0 Å². The summed E-state index contributed by atoms with van der Waals surface area (Å²) < 4.78 is 16.5. The van der Waals surface area contributed by atoms with Crippen LogP contribution in [0.15, 0.2) is 48.5 Å². The van der Waals surface area contributed by atoms with E-state index in [9.17, 15) is 9.00 Å². The van der Waals surface area contributed by atoms with Gasteiger partial charge in [0.2, 0.25) is 0 Å². The molecule has 0 aliphatic carbocycles. The van der Waals surface area contributed by atoms with Crippen molar-refractivity contribution < 1.29 is 13.7 Å². The zero-order valence-electron chi connectivity index (χ0n) is 14.3. The number of amides is 1. The monoisotopic (exact) mass is 345 g/mol. The number of carbonyl (C=O) groups is 1. The lowest BCUT2D eigenvalue weighted by molar-refractivity contribution is 0.0752. The van der Waals surface area contributed by atoms with E-state index in [2.05, 4.69) is 0 Å². The molecule has 4 nitrogen and oxygen atoms in total. The quantitative estimate of drug-likeness (QED) is 0.774. The van der Waals surface area contributed by atoms with Crippen molar-refractivity contribution in [3.05, 3.63) is 65.2 Å². The Balaban J connectivity index is 2.14. The Morgan fingerprint density at radius 2 is 1.83 bits per heavy atom. The SMILES string of the molecule is CCN(Cc1ccc(OC)cc1)C(=O)c1cccc(CS(C)=O)c1. The van der Waals surface area contributed by atoms with Gasteiger partial charge in [-0.3, -0.25) is 9.00 Å². The lowest BCUT2D eigenvalue weighted by Crippen LogP contribution is -2.30. The second kappa shape index (κ2) is 8.64. The summed E-state index contributed by atoms with van der Waals surface area (Å²) in [5, 5.41) is 0. The highest BCUT2D eigenvalue weighted by Gasteiger charge is 2.15. The van der Waals surface area contributed by atoms with Gasteiger partial charge in [-0.05, 0) is 42.3 Å². The van der Waals surface area contributed by atoms with Crippen LogP contribution in [-0.2, 0) is 23.1 Å². The van der Waals surface area contributed by atoms with Gasteiger partial charge in [-0.1, -0.05) is 24.3 Å². The molecular weight excluding hydrogens is 322 g/mol. The summed E-state index contributed by atoms with van der Waals surface area (Å²) in [6.45, 7) is 3.13. The smallest absolute Gasteiger partial charge is 0.254 e. The van der Waals surface area contributed by atoms with E-state index in [0.29, 0.717) is 24.4 Å². The number of methoxy groups -OCH3 is 1. The fraction of sp³-hybridized carbons (Fsp3) is 0.316. The van der Waals surface area contributed by atoms with Gasteiger partial charge in [-0.25, -0.2) is 0 Å². The lowest BCUT2D eigenvalue weighted by atomic mass is 10.1. The summed E-state index contributed by atoms with van der Waals surface area (Å²) in [5.74, 6) is 1.25. The molecule has 1 atom stereocenters. The summed E-state index contributed by atoms with van der Waals surface area (Å²) in [6, 6.07) is 15.1. The van der Waals surface area contributed by atoms with E-state index < -0.39 is 10.8 Å². The first-order chi connectivity index (χ1) is 11.5. The molecule has 0 heterocycles. The van der Waals surface area contributed by atoms with Gasteiger partial charge in [0.05, 0.1) is 7.11 Å². The van der Waals surface area contributed by atoms with Crippen LogP contribution < -0.4 is 4.74 Å². The molecule has 0 aliphatic heterocycles. The summed E-state index contributed by atoms with van der Waals surface area (Å²) in [4.78, 5) is 14.6. The van der Waals surface area contributed by atoms with Crippen molar-refractivity contribution in [2.75, 3.05) is 19.9 Å². The van der Waals surface area contributed by atoms with Crippen LogP contribution >= 0.6 is 0 Å². The van der Waals surface area contributed by atoms with Gasteiger partial charge in [-0.2, -0.15) is 0 Å². The molecule has 1 amide bonds. The molecule has 2 aromatic carbocycles. The molecule has 128 valence electrons. The topological polar surface area (TPSA) is 46.6 Å². The number of hydrogen-bond acceptors (Lipinski definition) is 3. The summed E-state index contributed by atoms with van der Waals surface area (Å²) >= 11 is 0. The normalized spacial score (nSPS) is 11.8. The molecule has 2 aromatic rings. The van der Waals surface area contributed by atoms with E-state index in [1.54, 1.807) is 24.3 Å². The molecular formula is C19H23NO3S. The minimum atomic E-state index is -0.922. The predicted molar refractivity (Wildman–Crippen MR) is 97.6 cm³/mol. The van der Waals surface area contributed by atoms with E-state index in [0.717, 1.165) is 16.9 Å². The van der Waals surface area contributed by atoms with E-state index >= 15 is 0 Å². The van der Waals surface area contributed by atoms with Crippen LogP contribution in [0.2, 0.25) is 0 Å². The maximum absolute atomic E-state index is 12.8. The Bertz CT molecular complexity index is 713. The van der Waals surface area contributed by atoms with Crippen molar-refractivity contribution in [2.24, 2.45) is 0 Å². The number of benzene rings is 2. The van der Waals surface area contributed by atoms with Gasteiger partial charge in [0, 0.05) is 41.5 Å². The van der Waals surface area contributed by atoms with Gasteiger partial charge < -0.3 is 9.64 Å². The van der Waals surface area contributed by atoms with Gasteiger partial charge in [-0.15, -0.1) is 0 Å². The van der Waals surface area contributed by atoms with E-state index in [-0.39, 0.29) is 5.91 Å². The standard InChI is InChI=1S/C19H23NO3S/c1-4-20(13-15-8-10-18(23-2)11-9-15)19(21)17-7-5-6-16(12-17)14-24(3)22/h5-12H,4,13-14H2,1-3H3. The van der Waals surface area contributed by atoms with Crippen molar-refractivity contribution in [1.82, 2.24) is 4.90 Å². The molecule has 0 fully saturated rings. The largest absolute Gasteiger partial charge is 0.497 e. The molecule has 0 spiro atoms. The van der Waals surface area contributed by atoms with Gasteiger partial charge >= 0.3 is 0 Å². The third-order valence-corrected chi connectivity index (χ3v) is 4.49. The second-order valence-corrected chi connectivity index (χ2v) is 7.02. The number of rotatable bonds is 7.